The van der Waals surface area contributed by atoms with E-state index in [1.165, 1.54) is 6.33 Å². The first-order chi connectivity index (χ1) is 8.20. The number of nitrogens with zero attached hydrogens (tertiary/aromatic N) is 3. The predicted molar refractivity (Wildman–Crippen MR) is 64.1 cm³/mol. The van der Waals surface area contributed by atoms with Crippen molar-refractivity contribution in [1.82, 2.24) is 14.8 Å². The van der Waals surface area contributed by atoms with Crippen LogP contribution in [0.4, 0.5) is 5.95 Å². The molecule has 1 aliphatic rings. The van der Waals surface area contributed by atoms with Gasteiger partial charge in [-0.25, -0.2) is 4.68 Å². The number of amides is 1. The molecule has 0 aromatic carbocycles. The van der Waals surface area contributed by atoms with Crippen molar-refractivity contribution in [3.8, 4) is 0 Å². The van der Waals surface area contributed by atoms with Gasteiger partial charge in [-0.3, -0.25) is 10.1 Å². The third-order valence-electron chi connectivity index (χ3n) is 3.50. The number of aryl methyl sites for hydroxylation is 1. The van der Waals surface area contributed by atoms with E-state index in [1.807, 2.05) is 0 Å². The Morgan fingerprint density at radius 1 is 1.53 bits per heavy atom. The number of carbonyl (C=O) groups excluding carboxylic acids is 1. The number of carbonyl (C=O) groups is 1. The summed E-state index contributed by atoms with van der Waals surface area (Å²) in [6.07, 6.45) is 5.37. The van der Waals surface area contributed by atoms with Gasteiger partial charge in [-0.2, -0.15) is 10.1 Å². The van der Waals surface area contributed by atoms with Crippen LogP contribution in [0.25, 0.3) is 0 Å². The largest absolute Gasteiger partial charge is 0.330 e. The molecule has 0 spiro atoms. The quantitative estimate of drug-likeness (QED) is 0.802. The van der Waals surface area contributed by atoms with Crippen LogP contribution in [-0.2, 0) is 11.8 Å². The Morgan fingerprint density at radius 3 is 2.76 bits per heavy atom. The third-order valence-corrected chi connectivity index (χ3v) is 3.50. The number of hydrogen-bond donors (Lipinski definition) is 2. The van der Waals surface area contributed by atoms with Crippen LogP contribution in [0.1, 0.15) is 25.7 Å². The van der Waals surface area contributed by atoms with E-state index in [-0.39, 0.29) is 11.8 Å². The summed E-state index contributed by atoms with van der Waals surface area (Å²) in [7, 11) is 1.76. The van der Waals surface area contributed by atoms with Crippen molar-refractivity contribution in [2.45, 2.75) is 25.7 Å². The SMILES string of the molecule is Cn1ncnc1NC(=O)C1CCC(CN)CC1. The van der Waals surface area contributed by atoms with E-state index in [9.17, 15) is 4.79 Å². The lowest BCUT2D eigenvalue weighted by atomic mass is 9.81. The summed E-state index contributed by atoms with van der Waals surface area (Å²) in [5.41, 5.74) is 5.63. The van der Waals surface area contributed by atoms with Crippen LogP contribution < -0.4 is 11.1 Å². The van der Waals surface area contributed by atoms with Crippen molar-refractivity contribution >= 4 is 11.9 Å². The highest BCUT2D eigenvalue weighted by Crippen LogP contribution is 2.28. The summed E-state index contributed by atoms with van der Waals surface area (Å²) in [6.45, 7) is 0.734. The minimum atomic E-state index is 0.0524. The maximum atomic E-state index is 12.0. The van der Waals surface area contributed by atoms with Gasteiger partial charge in [0.15, 0.2) is 0 Å². The molecule has 1 heterocycles. The third kappa shape index (κ3) is 2.82. The predicted octanol–water partition coefficient (Wildman–Crippen LogP) is 0.519. The molecule has 1 fully saturated rings. The maximum absolute atomic E-state index is 12.0. The molecule has 0 unspecified atom stereocenters. The van der Waals surface area contributed by atoms with Gasteiger partial charge in [-0.15, -0.1) is 0 Å². The second-order valence-corrected chi connectivity index (χ2v) is 4.65. The van der Waals surface area contributed by atoms with Crippen molar-refractivity contribution in [3.05, 3.63) is 6.33 Å². The zero-order chi connectivity index (χ0) is 12.3. The maximum Gasteiger partial charge on any atom is 0.229 e. The Labute approximate surface area is 101 Å². The van der Waals surface area contributed by atoms with Gasteiger partial charge in [0, 0.05) is 13.0 Å². The van der Waals surface area contributed by atoms with Crippen LogP contribution in [0.2, 0.25) is 0 Å². The molecule has 1 aromatic heterocycles. The van der Waals surface area contributed by atoms with E-state index in [2.05, 4.69) is 15.4 Å². The lowest BCUT2D eigenvalue weighted by Crippen LogP contribution is -2.30. The van der Waals surface area contributed by atoms with Crippen LogP contribution >= 0.6 is 0 Å². The second kappa shape index (κ2) is 5.27. The molecule has 6 nitrogen and oxygen atoms in total. The van der Waals surface area contributed by atoms with E-state index in [0.717, 1.165) is 32.2 Å². The van der Waals surface area contributed by atoms with Crippen LogP contribution in [0.15, 0.2) is 6.33 Å². The van der Waals surface area contributed by atoms with Gasteiger partial charge in [0.05, 0.1) is 0 Å². The highest BCUT2D eigenvalue weighted by atomic mass is 16.2. The molecule has 0 radical (unpaired) electrons. The Bertz CT molecular complexity index is 381. The first-order valence-electron chi connectivity index (χ1n) is 6.05. The summed E-state index contributed by atoms with van der Waals surface area (Å²) >= 11 is 0. The van der Waals surface area contributed by atoms with Crippen molar-refractivity contribution < 1.29 is 4.79 Å². The molecule has 0 aliphatic heterocycles. The number of rotatable bonds is 3. The van der Waals surface area contributed by atoms with Crippen molar-refractivity contribution in [2.75, 3.05) is 11.9 Å². The van der Waals surface area contributed by atoms with Crippen LogP contribution in [0.5, 0.6) is 0 Å². The fourth-order valence-electron chi connectivity index (χ4n) is 2.28. The van der Waals surface area contributed by atoms with Crippen molar-refractivity contribution in [3.63, 3.8) is 0 Å². The standard InChI is InChI=1S/C11H19N5O/c1-16-11(13-7-14-16)15-10(17)9-4-2-8(6-12)3-5-9/h7-9H,2-6,12H2,1H3,(H,13,14,15,17). The van der Waals surface area contributed by atoms with Gasteiger partial charge < -0.3 is 5.73 Å². The molecule has 1 amide bonds. The normalized spacial score (nSPS) is 24.6. The van der Waals surface area contributed by atoms with Gasteiger partial charge in [0.2, 0.25) is 11.9 Å². The van der Waals surface area contributed by atoms with Crippen molar-refractivity contribution in [1.29, 1.82) is 0 Å². The summed E-state index contributed by atoms with van der Waals surface area (Å²) in [5.74, 6) is 1.25. The van der Waals surface area contributed by atoms with E-state index >= 15 is 0 Å². The molecule has 17 heavy (non-hydrogen) atoms. The molecule has 1 aliphatic carbocycles. The number of aromatic nitrogens is 3. The van der Waals surface area contributed by atoms with Crippen LogP contribution in [-0.4, -0.2) is 27.2 Å². The molecular formula is C11H19N5O. The molecular weight excluding hydrogens is 218 g/mol. The fourth-order valence-corrected chi connectivity index (χ4v) is 2.28. The van der Waals surface area contributed by atoms with Gasteiger partial charge in [0.1, 0.15) is 6.33 Å². The molecule has 6 heteroatoms. The highest BCUT2D eigenvalue weighted by molar-refractivity contribution is 5.90. The van der Waals surface area contributed by atoms with E-state index in [0.29, 0.717) is 11.9 Å². The average Bonchev–Trinajstić information content (AvgIpc) is 2.75. The lowest BCUT2D eigenvalue weighted by molar-refractivity contribution is -0.121. The lowest BCUT2D eigenvalue weighted by Gasteiger charge is -2.26. The molecule has 94 valence electrons. The molecule has 2 rings (SSSR count). The Kier molecular flexibility index (Phi) is 3.73. The number of nitrogens with one attached hydrogen (secondary N) is 1. The first kappa shape index (κ1) is 12.0. The molecule has 0 atom stereocenters. The molecule has 0 bridgehead atoms. The van der Waals surface area contributed by atoms with Gasteiger partial charge in [-0.05, 0) is 38.1 Å². The topological polar surface area (TPSA) is 85.8 Å². The van der Waals surface area contributed by atoms with Crippen LogP contribution in [0, 0.1) is 11.8 Å². The summed E-state index contributed by atoms with van der Waals surface area (Å²) in [4.78, 5) is 16.0. The number of anilines is 1. The van der Waals surface area contributed by atoms with Crippen LogP contribution in [0.3, 0.4) is 0 Å². The van der Waals surface area contributed by atoms with E-state index in [1.54, 1.807) is 11.7 Å². The molecule has 3 N–H and O–H groups in total. The Balaban J connectivity index is 1.87. The van der Waals surface area contributed by atoms with E-state index in [4.69, 9.17) is 5.73 Å². The zero-order valence-electron chi connectivity index (χ0n) is 10.1. The molecule has 1 saturated carbocycles. The fraction of sp³-hybridized carbons (Fsp3) is 0.727. The monoisotopic (exact) mass is 237 g/mol. The van der Waals surface area contributed by atoms with Gasteiger partial charge in [-0.1, -0.05) is 0 Å². The molecule has 1 aromatic rings. The van der Waals surface area contributed by atoms with E-state index < -0.39 is 0 Å². The summed E-state index contributed by atoms with van der Waals surface area (Å²) in [5, 5.41) is 6.73. The Morgan fingerprint density at radius 2 is 2.24 bits per heavy atom. The summed E-state index contributed by atoms with van der Waals surface area (Å²) < 4.78 is 1.56. The minimum absolute atomic E-state index is 0.0524. The zero-order valence-corrected chi connectivity index (χ0v) is 10.1. The summed E-state index contributed by atoms with van der Waals surface area (Å²) in [6, 6.07) is 0. The van der Waals surface area contributed by atoms with Gasteiger partial charge in [0.25, 0.3) is 0 Å². The number of nitrogens with two attached hydrogens (primary N) is 1. The van der Waals surface area contributed by atoms with Crippen molar-refractivity contribution in [2.24, 2.45) is 24.6 Å². The number of hydrogen-bond acceptors (Lipinski definition) is 4. The second-order valence-electron chi connectivity index (χ2n) is 4.65. The smallest absolute Gasteiger partial charge is 0.229 e. The minimum Gasteiger partial charge on any atom is -0.330 e. The Hall–Kier alpha value is -1.43. The highest BCUT2D eigenvalue weighted by Gasteiger charge is 2.26. The molecule has 0 saturated heterocycles. The van der Waals surface area contributed by atoms with Gasteiger partial charge >= 0.3 is 0 Å². The first-order valence-corrected chi connectivity index (χ1v) is 6.05. The average molecular weight is 237 g/mol.